The van der Waals surface area contributed by atoms with E-state index in [1.165, 1.54) is 0 Å². The lowest BCUT2D eigenvalue weighted by atomic mass is 9.97. The Kier molecular flexibility index (Phi) is 3.67. The Bertz CT molecular complexity index is 795. The molecule has 120 valence electrons. The highest BCUT2D eigenvalue weighted by atomic mass is 16.7. The minimum Gasteiger partial charge on any atom is -0.438 e. The molecule has 2 aromatic carbocycles. The summed E-state index contributed by atoms with van der Waals surface area (Å²) in [4.78, 5) is 4.42. The fourth-order valence-electron chi connectivity index (χ4n) is 2.96. The number of nitrogens with zero attached hydrogens (tertiary/aromatic N) is 1. The molecule has 0 saturated heterocycles. The van der Waals surface area contributed by atoms with Crippen LogP contribution in [0.25, 0.3) is 0 Å². The number of pyridine rings is 1. The van der Waals surface area contributed by atoms with Crippen molar-refractivity contribution < 1.29 is 9.47 Å². The van der Waals surface area contributed by atoms with Crippen molar-refractivity contribution in [1.82, 2.24) is 4.98 Å². The van der Waals surface area contributed by atoms with Crippen LogP contribution in [0.1, 0.15) is 16.7 Å². The van der Waals surface area contributed by atoms with E-state index in [2.05, 4.69) is 4.98 Å². The molecule has 0 amide bonds. The van der Waals surface area contributed by atoms with Gasteiger partial charge in [0.15, 0.2) is 5.75 Å². The summed E-state index contributed by atoms with van der Waals surface area (Å²) in [5.74, 6) is 0.135. The third-order valence-electron chi connectivity index (χ3n) is 4.11. The van der Waals surface area contributed by atoms with Crippen LogP contribution < -0.4 is 15.2 Å². The molecule has 3 aromatic rings. The van der Waals surface area contributed by atoms with E-state index in [1.807, 2.05) is 66.7 Å². The lowest BCUT2D eigenvalue weighted by Crippen LogP contribution is -2.36. The summed E-state index contributed by atoms with van der Waals surface area (Å²) in [6, 6.07) is 21.8. The minimum absolute atomic E-state index is 0.503. The molecule has 1 aliphatic heterocycles. The highest BCUT2D eigenvalue weighted by Gasteiger charge is 2.46. The van der Waals surface area contributed by atoms with Gasteiger partial charge in [-0.3, -0.25) is 0 Å². The van der Waals surface area contributed by atoms with Crippen LogP contribution in [0, 0.1) is 0 Å². The Balaban J connectivity index is 1.82. The third-order valence-corrected chi connectivity index (χ3v) is 4.11. The lowest BCUT2D eigenvalue weighted by molar-refractivity contribution is -0.0476. The summed E-state index contributed by atoms with van der Waals surface area (Å²) in [5, 5.41) is 0. The Hall–Kier alpha value is -2.85. The molecule has 0 aliphatic carbocycles. The molecule has 24 heavy (non-hydrogen) atoms. The van der Waals surface area contributed by atoms with Gasteiger partial charge in [0.1, 0.15) is 0 Å². The molecule has 4 nitrogen and oxygen atoms in total. The van der Waals surface area contributed by atoms with E-state index in [9.17, 15) is 0 Å². The van der Waals surface area contributed by atoms with Gasteiger partial charge in [0, 0.05) is 17.3 Å². The summed E-state index contributed by atoms with van der Waals surface area (Å²) in [6.07, 6.45) is 2.55. The van der Waals surface area contributed by atoms with Crippen LogP contribution in [-0.4, -0.2) is 11.5 Å². The lowest BCUT2D eigenvalue weighted by Gasteiger charge is -2.28. The summed E-state index contributed by atoms with van der Waals surface area (Å²) in [5.41, 5.74) is 8.53. The smallest absolute Gasteiger partial charge is 0.307 e. The van der Waals surface area contributed by atoms with E-state index in [1.54, 1.807) is 6.20 Å². The maximum Gasteiger partial charge on any atom is 0.307 e. The maximum atomic E-state index is 6.33. The molecule has 4 rings (SSSR count). The van der Waals surface area contributed by atoms with Crippen LogP contribution in [0.3, 0.4) is 0 Å². The van der Waals surface area contributed by atoms with E-state index in [4.69, 9.17) is 15.2 Å². The largest absolute Gasteiger partial charge is 0.438 e. The van der Waals surface area contributed by atoms with E-state index < -0.39 is 5.79 Å². The first kappa shape index (κ1) is 14.7. The van der Waals surface area contributed by atoms with Crippen LogP contribution in [0.2, 0.25) is 0 Å². The van der Waals surface area contributed by atoms with Gasteiger partial charge in [-0.2, -0.15) is 0 Å². The van der Waals surface area contributed by atoms with E-state index in [-0.39, 0.29) is 0 Å². The van der Waals surface area contributed by atoms with Gasteiger partial charge in [-0.05, 0) is 24.6 Å². The zero-order valence-electron chi connectivity index (χ0n) is 13.2. The van der Waals surface area contributed by atoms with E-state index in [0.717, 1.165) is 23.1 Å². The molecular formula is C20H18N2O2. The number of benzene rings is 2. The topological polar surface area (TPSA) is 57.4 Å². The zero-order chi connectivity index (χ0) is 16.4. The van der Waals surface area contributed by atoms with Gasteiger partial charge in [-0.15, -0.1) is 0 Å². The van der Waals surface area contributed by atoms with Crippen LogP contribution in [-0.2, 0) is 12.2 Å². The molecule has 0 fully saturated rings. The van der Waals surface area contributed by atoms with Crippen molar-refractivity contribution in [2.45, 2.75) is 12.2 Å². The highest BCUT2D eigenvalue weighted by molar-refractivity contribution is 5.46. The summed E-state index contributed by atoms with van der Waals surface area (Å²) < 4.78 is 12.6. The van der Waals surface area contributed by atoms with E-state index >= 15 is 0 Å². The fourth-order valence-corrected chi connectivity index (χ4v) is 2.96. The average molecular weight is 318 g/mol. The van der Waals surface area contributed by atoms with Crippen molar-refractivity contribution in [3.8, 4) is 11.6 Å². The van der Waals surface area contributed by atoms with Crippen molar-refractivity contribution in [3.05, 3.63) is 89.6 Å². The predicted molar refractivity (Wildman–Crippen MR) is 91.9 cm³/mol. The number of fused-ring (bicyclic) bond motifs is 1. The first-order valence-corrected chi connectivity index (χ1v) is 8.00. The second-order valence-electron chi connectivity index (χ2n) is 5.74. The first-order chi connectivity index (χ1) is 11.8. The van der Waals surface area contributed by atoms with Crippen LogP contribution >= 0.6 is 0 Å². The van der Waals surface area contributed by atoms with Crippen LogP contribution in [0.15, 0.2) is 72.9 Å². The number of hydrogen-bond acceptors (Lipinski definition) is 4. The molecule has 1 aromatic heterocycles. The molecule has 1 aliphatic rings. The maximum absolute atomic E-state index is 6.33. The SMILES string of the molecule is NCCc1cnc2c(c1)OC(c1ccccc1)(c1ccccc1)O2. The Labute approximate surface area is 140 Å². The second-order valence-corrected chi connectivity index (χ2v) is 5.74. The van der Waals surface area contributed by atoms with Crippen molar-refractivity contribution in [2.75, 3.05) is 6.54 Å². The predicted octanol–water partition coefficient (Wildman–Crippen LogP) is 3.26. The quantitative estimate of drug-likeness (QED) is 0.802. The molecule has 0 bridgehead atoms. The fraction of sp³-hybridized carbons (Fsp3) is 0.150. The van der Waals surface area contributed by atoms with Gasteiger partial charge < -0.3 is 15.2 Å². The molecular weight excluding hydrogens is 300 g/mol. The molecule has 0 unspecified atom stereocenters. The average Bonchev–Trinajstić information content (AvgIpc) is 3.04. The van der Waals surface area contributed by atoms with Gasteiger partial charge in [-0.1, -0.05) is 60.7 Å². The molecule has 2 heterocycles. The first-order valence-electron chi connectivity index (χ1n) is 8.00. The van der Waals surface area contributed by atoms with Gasteiger partial charge in [0.05, 0.1) is 0 Å². The zero-order valence-corrected chi connectivity index (χ0v) is 13.2. The molecule has 0 atom stereocenters. The van der Waals surface area contributed by atoms with Crippen molar-refractivity contribution in [3.63, 3.8) is 0 Å². The summed E-state index contributed by atoms with van der Waals surface area (Å²) in [6.45, 7) is 0.573. The standard InChI is InChI=1S/C20H18N2O2/c21-12-11-15-13-18-19(22-14-15)24-20(23-18,16-7-3-1-4-8-16)17-9-5-2-6-10-17/h1-10,13-14H,11-12,21H2. The number of hydrogen-bond donors (Lipinski definition) is 1. The summed E-state index contributed by atoms with van der Waals surface area (Å²) in [7, 11) is 0. The van der Waals surface area contributed by atoms with Crippen molar-refractivity contribution >= 4 is 0 Å². The third kappa shape index (κ3) is 2.41. The molecule has 0 spiro atoms. The van der Waals surface area contributed by atoms with Crippen molar-refractivity contribution in [2.24, 2.45) is 5.73 Å². The number of aromatic nitrogens is 1. The Morgan fingerprint density at radius 3 is 2.08 bits per heavy atom. The van der Waals surface area contributed by atoms with Gasteiger partial charge >= 0.3 is 5.79 Å². The van der Waals surface area contributed by atoms with Crippen LogP contribution in [0.5, 0.6) is 11.6 Å². The van der Waals surface area contributed by atoms with E-state index in [0.29, 0.717) is 18.2 Å². The van der Waals surface area contributed by atoms with Crippen molar-refractivity contribution in [1.29, 1.82) is 0 Å². The van der Waals surface area contributed by atoms with Gasteiger partial charge in [0.2, 0.25) is 0 Å². The van der Waals surface area contributed by atoms with Gasteiger partial charge in [-0.25, -0.2) is 4.98 Å². The highest BCUT2D eigenvalue weighted by Crippen LogP contribution is 2.46. The number of ether oxygens (including phenoxy) is 2. The normalized spacial score (nSPS) is 14.5. The van der Waals surface area contributed by atoms with Crippen LogP contribution in [0.4, 0.5) is 0 Å². The summed E-state index contributed by atoms with van der Waals surface area (Å²) >= 11 is 0. The van der Waals surface area contributed by atoms with Gasteiger partial charge in [0.25, 0.3) is 5.88 Å². The molecule has 0 radical (unpaired) electrons. The number of rotatable bonds is 4. The monoisotopic (exact) mass is 318 g/mol. The molecule has 0 saturated carbocycles. The minimum atomic E-state index is -1.01. The Morgan fingerprint density at radius 1 is 0.875 bits per heavy atom. The molecule has 2 N–H and O–H groups in total. The number of nitrogens with two attached hydrogens (primary N) is 1. The molecule has 4 heteroatoms. The second kappa shape index (κ2) is 5.98. The Morgan fingerprint density at radius 2 is 1.50 bits per heavy atom.